The smallest absolute Gasteiger partial charge is 0.319 e. The Kier molecular flexibility index (Phi) is 7.34. The van der Waals surface area contributed by atoms with Gasteiger partial charge < -0.3 is 14.5 Å². The highest BCUT2D eigenvalue weighted by Gasteiger charge is 2.49. The van der Waals surface area contributed by atoms with Crippen LogP contribution < -0.4 is 9.64 Å². The number of halogens is 4. The van der Waals surface area contributed by atoms with Crippen molar-refractivity contribution in [2.45, 2.75) is 43.4 Å². The molecule has 0 N–H and O–H groups in total. The molecule has 234 valence electrons. The molecule has 2 aromatic carbocycles. The quantitative estimate of drug-likeness (QED) is 0.201. The molecule has 2 aromatic heterocycles. The van der Waals surface area contributed by atoms with Gasteiger partial charge in [0.1, 0.15) is 29.8 Å². The molecule has 3 aliphatic heterocycles. The minimum absolute atomic E-state index is 0.0565. The second-order valence-electron chi connectivity index (χ2n) is 12.2. The highest BCUT2D eigenvalue weighted by molar-refractivity contribution is 5.99. The Morgan fingerprint density at radius 3 is 2.80 bits per heavy atom. The first-order valence-corrected chi connectivity index (χ1v) is 15.1. The molecule has 4 aromatic rings. The molecule has 0 radical (unpaired) electrons. The van der Waals surface area contributed by atoms with Gasteiger partial charge in [-0.1, -0.05) is 24.8 Å². The zero-order chi connectivity index (χ0) is 31.5. The topological polar surface area (TPSA) is 74.7 Å². The normalized spacial score (nSPS) is 23.2. The number of amides is 1. The first kappa shape index (κ1) is 29.4. The molecule has 5 heterocycles. The molecule has 1 unspecified atom stereocenters. The van der Waals surface area contributed by atoms with Gasteiger partial charge in [0.2, 0.25) is 5.91 Å². The van der Waals surface area contributed by atoms with Crippen LogP contribution in [0.1, 0.15) is 25.7 Å². The summed E-state index contributed by atoms with van der Waals surface area (Å²) in [7, 11) is 1.81. The van der Waals surface area contributed by atoms with Gasteiger partial charge in [-0.05, 0) is 54.8 Å². The van der Waals surface area contributed by atoms with Crippen molar-refractivity contribution in [2.75, 3.05) is 44.7 Å². The molecular weight excluding hydrogens is 588 g/mol. The summed E-state index contributed by atoms with van der Waals surface area (Å²) in [5, 5.41) is 1.01. The summed E-state index contributed by atoms with van der Waals surface area (Å²) in [5.74, 6) is -2.63. The Hall–Kier alpha value is -4.32. The number of carbonyl (C=O) groups is 1. The zero-order valence-electron chi connectivity index (χ0n) is 24.8. The molecule has 0 saturated carbocycles. The lowest BCUT2D eigenvalue weighted by atomic mass is 9.95. The number of hydrogen-bond acceptors (Lipinski definition) is 7. The van der Waals surface area contributed by atoms with Crippen molar-refractivity contribution >= 4 is 33.4 Å². The van der Waals surface area contributed by atoms with E-state index in [0.29, 0.717) is 54.5 Å². The van der Waals surface area contributed by atoms with Gasteiger partial charge in [-0.25, -0.2) is 17.6 Å². The van der Waals surface area contributed by atoms with Gasteiger partial charge in [-0.15, -0.1) is 0 Å². The lowest BCUT2D eigenvalue weighted by Crippen LogP contribution is -2.43. The third-order valence-corrected chi connectivity index (χ3v) is 9.58. The van der Waals surface area contributed by atoms with E-state index in [1.54, 1.807) is 23.1 Å². The maximum Gasteiger partial charge on any atom is 0.319 e. The summed E-state index contributed by atoms with van der Waals surface area (Å²) in [6.45, 7) is 5.83. The van der Waals surface area contributed by atoms with Crippen LogP contribution in [0.2, 0.25) is 0 Å². The lowest BCUT2D eigenvalue weighted by Gasteiger charge is -2.31. The van der Waals surface area contributed by atoms with E-state index in [1.807, 2.05) is 11.9 Å². The van der Waals surface area contributed by atoms with Crippen LogP contribution in [0, 0.1) is 17.5 Å². The Morgan fingerprint density at radius 1 is 1.16 bits per heavy atom. The molecule has 0 bridgehead atoms. The van der Waals surface area contributed by atoms with Crippen molar-refractivity contribution in [2.24, 2.45) is 0 Å². The third kappa shape index (κ3) is 5.04. The molecule has 7 rings (SSSR count). The average Bonchev–Trinajstić information content (AvgIpc) is 3.75. The molecule has 8 nitrogen and oxygen atoms in total. The van der Waals surface area contributed by atoms with Crippen LogP contribution in [0.25, 0.3) is 32.9 Å². The van der Waals surface area contributed by atoms with E-state index in [9.17, 15) is 18.0 Å². The molecule has 0 aliphatic carbocycles. The van der Waals surface area contributed by atoms with Crippen molar-refractivity contribution in [3.63, 3.8) is 0 Å². The summed E-state index contributed by atoms with van der Waals surface area (Å²) in [6, 6.07) is 6.72. The standard InChI is InChI=1S/C33H32F4N6O2/c1-3-27(44)42-11-8-21(17-42)41(2)31-24-15-38-29(22-7-4-6-19-12-25(35)26(36)13-23(19)22)28(37)30(24)39-32(40-31)45-18-33-9-5-10-43(33)16-20(34)14-33/h3-4,6-7,12-13,15,20-21H,1,5,8-11,14,16-18H2,2H3/t20-,21-,33?/m1/s1. The number of likely N-dealkylation sites (tertiary alicyclic amines) is 1. The van der Waals surface area contributed by atoms with Crippen LogP contribution in [0.4, 0.5) is 23.4 Å². The van der Waals surface area contributed by atoms with Gasteiger partial charge in [0.25, 0.3) is 0 Å². The minimum Gasteiger partial charge on any atom is -0.461 e. The van der Waals surface area contributed by atoms with Crippen molar-refractivity contribution < 1.29 is 27.1 Å². The van der Waals surface area contributed by atoms with Crippen molar-refractivity contribution in [3.8, 4) is 17.3 Å². The number of ether oxygens (including phenoxy) is 1. The van der Waals surface area contributed by atoms with Crippen molar-refractivity contribution in [1.29, 1.82) is 0 Å². The van der Waals surface area contributed by atoms with Crippen LogP contribution in [0.5, 0.6) is 6.01 Å². The van der Waals surface area contributed by atoms with E-state index in [1.165, 1.54) is 12.3 Å². The third-order valence-electron chi connectivity index (χ3n) is 9.58. The fraction of sp³-hybridized carbons (Fsp3) is 0.394. The fourth-order valence-electron chi connectivity index (χ4n) is 7.23. The monoisotopic (exact) mass is 620 g/mol. The molecule has 3 fully saturated rings. The number of likely N-dealkylation sites (N-methyl/N-ethyl adjacent to an activating group) is 1. The molecule has 45 heavy (non-hydrogen) atoms. The number of nitrogens with zero attached hydrogens (tertiary/aromatic N) is 6. The minimum atomic E-state index is -1.05. The maximum absolute atomic E-state index is 16.6. The number of hydrogen-bond donors (Lipinski definition) is 0. The summed E-state index contributed by atoms with van der Waals surface area (Å²) in [6.07, 6.45) is 4.52. The number of pyridine rings is 1. The van der Waals surface area contributed by atoms with Gasteiger partial charge in [0.05, 0.1) is 10.9 Å². The van der Waals surface area contributed by atoms with Gasteiger partial charge >= 0.3 is 6.01 Å². The number of alkyl halides is 1. The summed E-state index contributed by atoms with van der Waals surface area (Å²) in [4.78, 5) is 31.6. The molecule has 3 aliphatic rings. The molecule has 3 saturated heterocycles. The second kappa shape index (κ2) is 11.2. The van der Waals surface area contributed by atoms with Gasteiger partial charge in [-0.3, -0.25) is 14.7 Å². The van der Waals surface area contributed by atoms with Gasteiger partial charge in [0, 0.05) is 50.9 Å². The number of benzene rings is 2. The van der Waals surface area contributed by atoms with Gasteiger partial charge in [-0.2, -0.15) is 9.97 Å². The number of anilines is 1. The van der Waals surface area contributed by atoms with E-state index < -0.39 is 29.2 Å². The predicted octanol–water partition coefficient (Wildman–Crippen LogP) is 5.44. The zero-order valence-corrected chi connectivity index (χ0v) is 24.8. The highest BCUT2D eigenvalue weighted by atomic mass is 19.2. The van der Waals surface area contributed by atoms with E-state index in [-0.39, 0.29) is 41.3 Å². The fourth-order valence-corrected chi connectivity index (χ4v) is 7.23. The van der Waals surface area contributed by atoms with E-state index in [0.717, 1.165) is 31.5 Å². The number of fused-ring (bicyclic) bond motifs is 3. The number of aromatic nitrogens is 3. The van der Waals surface area contributed by atoms with E-state index >= 15 is 4.39 Å². The first-order chi connectivity index (χ1) is 21.7. The molecule has 12 heteroatoms. The summed E-state index contributed by atoms with van der Waals surface area (Å²) >= 11 is 0. The Morgan fingerprint density at radius 2 is 1.98 bits per heavy atom. The first-order valence-electron chi connectivity index (χ1n) is 15.1. The SMILES string of the molecule is C=CC(=O)N1CC[C@@H](N(C)c2nc(OCC34CCCN3C[C@H](F)C4)nc3c(F)c(-c4cccc5cc(F)c(F)cc45)ncc23)C1. The predicted molar refractivity (Wildman–Crippen MR) is 162 cm³/mol. The largest absolute Gasteiger partial charge is 0.461 e. The Bertz CT molecular complexity index is 1840. The van der Waals surface area contributed by atoms with Crippen molar-refractivity contribution in [3.05, 3.63) is 66.6 Å². The highest BCUT2D eigenvalue weighted by Crippen LogP contribution is 2.41. The average molecular weight is 621 g/mol. The Labute approximate surface area is 257 Å². The summed E-state index contributed by atoms with van der Waals surface area (Å²) in [5.41, 5.74) is -0.335. The van der Waals surface area contributed by atoms with Crippen LogP contribution >= 0.6 is 0 Å². The van der Waals surface area contributed by atoms with Crippen LogP contribution in [-0.4, -0.2) is 88.2 Å². The van der Waals surface area contributed by atoms with Crippen LogP contribution in [-0.2, 0) is 4.79 Å². The molecule has 0 spiro atoms. The lowest BCUT2D eigenvalue weighted by molar-refractivity contribution is -0.125. The Balaban J connectivity index is 1.32. The van der Waals surface area contributed by atoms with Crippen LogP contribution in [0.3, 0.4) is 0 Å². The molecule has 1 amide bonds. The van der Waals surface area contributed by atoms with E-state index in [4.69, 9.17) is 9.72 Å². The second-order valence-corrected chi connectivity index (χ2v) is 12.2. The van der Waals surface area contributed by atoms with Crippen molar-refractivity contribution in [1.82, 2.24) is 24.8 Å². The van der Waals surface area contributed by atoms with Crippen LogP contribution in [0.15, 0.2) is 49.2 Å². The molecular formula is C33H32F4N6O2. The maximum atomic E-state index is 16.6. The number of rotatable bonds is 7. The van der Waals surface area contributed by atoms with E-state index in [2.05, 4.69) is 21.4 Å². The summed E-state index contributed by atoms with van der Waals surface area (Å²) < 4.78 is 65.4. The molecule has 3 atom stereocenters. The van der Waals surface area contributed by atoms with Gasteiger partial charge in [0.15, 0.2) is 17.5 Å². The number of carbonyl (C=O) groups excluding carboxylic acids is 1.